The van der Waals surface area contributed by atoms with Gasteiger partial charge in [-0.3, -0.25) is 14.4 Å². The lowest BCUT2D eigenvalue weighted by atomic mass is 10.1. The molecule has 0 bridgehead atoms. The Labute approximate surface area is 171 Å². The van der Waals surface area contributed by atoms with Crippen molar-refractivity contribution in [2.24, 2.45) is 0 Å². The highest BCUT2D eigenvalue weighted by molar-refractivity contribution is 7.89. The number of nitrogens with one attached hydrogen (secondary N) is 1. The van der Waals surface area contributed by atoms with Crippen LogP contribution in [0.25, 0.3) is 0 Å². The smallest absolute Gasteiger partial charge is 0.324 e. The van der Waals surface area contributed by atoms with E-state index in [1.807, 2.05) is 6.92 Å². The molecule has 1 N–H and O–H groups in total. The summed E-state index contributed by atoms with van der Waals surface area (Å²) in [5, 5.41) is 2.39. The minimum Gasteiger partial charge on any atom is -0.454 e. The number of benzene rings is 1. The van der Waals surface area contributed by atoms with E-state index in [0.29, 0.717) is 19.3 Å². The quantitative estimate of drug-likeness (QED) is 0.628. The fourth-order valence-corrected chi connectivity index (χ4v) is 4.64. The summed E-state index contributed by atoms with van der Waals surface area (Å²) in [5.74, 6) is -1.66. The minimum absolute atomic E-state index is 0.115. The zero-order valence-corrected chi connectivity index (χ0v) is 17.7. The number of esters is 1. The molecule has 0 aliphatic carbocycles. The Balaban J connectivity index is 2.06. The summed E-state index contributed by atoms with van der Waals surface area (Å²) in [6.07, 6.45) is 1.65. The first-order chi connectivity index (χ1) is 13.7. The van der Waals surface area contributed by atoms with Crippen molar-refractivity contribution in [3.8, 4) is 0 Å². The van der Waals surface area contributed by atoms with Crippen molar-refractivity contribution in [1.82, 2.24) is 14.5 Å². The maximum absolute atomic E-state index is 13.0. The Kier molecular flexibility index (Phi) is 7.74. The highest BCUT2D eigenvalue weighted by Gasteiger charge is 2.38. The molecular formula is C19H27N3O6S. The lowest BCUT2D eigenvalue weighted by Gasteiger charge is -2.33. The van der Waals surface area contributed by atoms with Crippen molar-refractivity contribution < 1.29 is 27.5 Å². The number of hydrogen-bond acceptors (Lipinski definition) is 6. The van der Waals surface area contributed by atoms with Crippen LogP contribution in [0.5, 0.6) is 0 Å². The van der Waals surface area contributed by atoms with Gasteiger partial charge in [-0.25, -0.2) is 8.42 Å². The molecule has 1 saturated heterocycles. The van der Waals surface area contributed by atoms with Gasteiger partial charge in [-0.2, -0.15) is 4.31 Å². The Morgan fingerprint density at radius 1 is 1.21 bits per heavy atom. The van der Waals surface area contributed by atoms with Gasteiger partial charge in [0.15, 0.2) is 6.61 Å². The largest absolute Gasteiger partial charge is 0.454 e. The molecule has 1 fully saturated rings. The van der Waals surface area contributed by atoms with Crippen LogP contribution in [0.1, 0.15) is 24.8 Å². The SMILES string of the molecule is CNC(=O)CN(C)C(=O)COC(=O)[C@H]1CCCCN1S(=O)(=O)c1ccc(C)cc1. The van der Waals surface area contributed by atoms with Crippen molar-refractivity contribution in [1.29, 1.82) is 0 Å². The highest BCUT2D eigenvalue weighted by Crippen LogP contribution is 2.26. The second-order valence-corrected chi connectivity index (χ2v) is 8.86. The molecule has 1 aliphatic rings. The van der Waals surface area contributed by atoms with Crippen LogP contribution in [-0.4, -0.2) is 75.2 Å². The van der Waals surface area contributed by atoms with E-state index in [1.165, 1.54) is 26.2 Å². The fourth-order valence-electron chi connectivity index (χ4n) is 3.00. The highest BCUT2D eigenvalue weighted by atomic mass is 32.2. The molecule has 0 radical (unpaired) electrons. The molecule has 29 heavy (non-hydrogen) atoms. The van der Waals surface area contributed by atoms with Crippen LogP contribution in [0.3, 0.4) is 0 Å². The third-order valence-electron chi connectivity index (χ3n) is 4.78. The van der Waals surface area contributed by atoms with E-state index in [9.17, 15) is 22.8 Å². The first-order valence-corrected chi connectivity index (χ1v) is 10.8. The molecule has 1 heterocycles. The van der Waals surface area contributed by atoms with Crippen molar-refractivity contribution >= 4 is 27.8 Å². The third-order valence-corrected chi connectivity index (χ3v) is 6.70. The second kappa shape index (κ2) is 9.84. The number of likely N-dealkylation sites (N-methyl/N-ethyl adjacent to an activating group) is 2. The number of carbonyl (C=O) groups is 3. The predicted octanol–water partition coefficient (Wildman–Crippen LogP) is 0.286. The van der Waals surface area contributed by atoms with E-state index >= 15 is 0 Å². The van der Waals surface area contributed by atoms with Gasteiger partial charge in [0.25, 0.3) is 5.91 Å². The van der Waals surface area contributed by atoms with E-state index < -0.39 is 34.5 Å². The molecule has 1 atom stereocenters. The molecule has 9 nitrogen and oxygen atoms in total. The molecule has 0 unspecified atom stereocenters. The second-order valence-electron chi connectivity index (χ2n) is 6.97. The Bertz CT molecular complexity index is 853. The number of hydrogen-bond donors (Lipinski definition) is 1. The molecule has 160 valence electrons. The maximum Gasteiger partial charge on any atom is 0.324 e. The molecule has 1 aromatic rings. The molecule has 1 aromatic carbocycles. The van der Waals surface area contributed by atoms with Crippen molar-refractivity contribution in [2.75, 3.05) is 33.8 Å². The topological polar surface area (TPSA) is 113 Å². The number of carbonyl (C=O) groups excluding carboxylic acids is 3. The summed E-state index contributed by atoms with van der Waals surface area (Å²) < 4.78 is 32.3. The number of sulfonamides is 1. The number of aryl methyl sites for hydroxylation is 1. The van der Waals surface area contributed by atoms with Crippen LogP contribution in [0, 0.1) is 6.92 Å². The van der Waals surface area contributed by atoms with Crippen LogP contribution in [0.2, 0.25) is 0 Å². The Morgan fingerprint density at radius 3 is 2.48 bits per heavy atom. The summed E-state index contributed by atoms with van der Waals surface area (Å²) in [7, 11) is -0.995. The number of ether oxygens (including phenoxy) is 1. The Hall–Kier alpha value is -2.46. The lowest BCUT2D eigenvalue weighted by molar-refractivity contribution is -0.155. The van der Waals surface area contributed by atoms with E-state index in [-0.39, 0.29) is 23.9 Å². The van der Waals surface area contributed by atoms with Crippen LogP contribution >= 0.6 is 0 Å². The van der Waals surface area contributed by atoms with E-state index in [0.717, 1.165) is 14.8 Å². The minimum atomic E-state index is -3.86. The molecule has 2 amide bonds. The van der Waals surface area contributed by atoms with Gasteiger partial charge in [-0.05, 0) is 38.3 Å². The number of nitrogens with zero attached hydrogens (tertiary/aromatic N) is 2. The van der Waals surface area contributed by atoms with Crippen LogP contribution in [-0.2, 0) is 29.1 Å². The standard InChI is InChI=1S/C19H27N3O6S/c1-14-7-9-15(10-8-14)29(26,27)22-11-5-4-6-16(22)19(25)28-13-18(24)21(3)12-17(23)20-2/h7-10,16H,4-6,11-13H2,1-3H3,(H,20,23)/t16-/m1/s1. The molecular weight excluding hydrogens is 398 g/mol. The summed E-state index contributed by atoms with van der Waals surface area (Å²) in [5.41, 5.74) is 0.929. The average molecular weight is 426 g/mol. The molecule has 1 aliphatic heterocycles. The number of amides is 2. The summed E-state index contributed by atoms with van der Waals surface area (Å²) in [6, 6.07) is 5.45. The van der Waals surface area contributed by atoms with E-state index in [1.54, 1.807) is 12.1 Å². The zero-order chi connectivity index (χ0) is 21.6. The summed E-state index contributed by atoms with van der Waals surface area (Å²) >= 11 is 0. The van der Waals surface area contributed by atoms with Gasteiger partial charge < -0.3 is 15.0 Å². The zero-order valence-electron chi connectivity index (χ0n) is 16.9. The normalized spacial score (nSPS) is 17.4. The number of rotatable bonds is 7. The van der Waals surface area contributed by atoms with Gasteiger partial charge in [0.2, 0.25) is 15.9 Å². The van der Waals surface area contributed by atoms with Crippen molar-refractivity contribution in [3.63, 3.8) is 0 Å². The first kappa shape index (κ1) is 22.8. The van der Waals surface area contributed by atoms with Gasteiger partial charge in [0.05, 0.1) is 11.4 Å². The summed E-state index contributed by atoms with van der Waals surface area (Å²) in [6.45, 7) is 1.35. The molecule has 0 saturated carbocycles. The van der Waals surface area contributed by atoms with E-state index in [4.69, 9.17) is 4.74 Å². The monoisotopic (exact) mass is 425 g/mol. The third kappa shape index (κ3) is 5.77. The first-order valence-electron chi connectivity index (χ1n) is 9.36. The summed E-state index contributed by atoms with van der Waals surface area (Å²) in [4.78, 5) is 37.2. The van der Waals surface area contributed by atoms with Gasteiger partial charge in [-0.15, -0.1) is 0 Å². The number of piperidine rings is 1. The van der Waals surface area contributed by atoms with Crippen molar-refractivity contribution in [2.45, 2.75) is 37.1 Å². The fraction of sp³-hybridized carbons (Fsp3) is 0.526. The molecule has 10 heteroatoms. The maximum atomic E-state index is 13.0. The van der Waals surface area contributed by atoms with Crippen LogP contribution in [0.4, 0.5) is 0 Å². The molecule has 0 aromatic heterocycles. The van der Waals surface area contributed by atoms with Gasteiger partial charge in [0, 0.05) is 20.6 Å². The van der Waals surface area contributed by atoms with Gasteiger partial charge in [0.1, 0.15) is 6.04 Å². The average Bonchev–Trinajstić information content (AvgIpc) is 2.71. The molecule has 0 spiro atoms. The predicted molar refractivity (Wildman–Crippen MR) is 105 cm³/mol. The lowest BCUT2D eigenvalue weighted by Crippen LogP contribution is -2.49. The van der Waals surface area contributed by atoms with E-state index in [2.05, 4.69) is 5.32 Å². The van der Waals surface area contributed by atoms with Gasteiger partial charge in [-0.1, -0.05) is 17.7 Å². The Morgan fingerprint density at radius 2 is 1.86 bits per heavy atom. The van der Waals surface area contributed by atoms with Crippen molar-refractivity contribution in [3.05, 3.63) is 29.8 Å². The molecule has 2 rings (SSSR count). The van der Waals surface area contributed by atoms with Crippen LogP contribution < -0.4 is 5.32 Å². The van der Waals surface area contributed by atoms with Crippen LogP contribution in [0.15, 0.2) is 29.2 Å². The van der Waals surface area contributed by atoms with Gasteiger partial charge >= 0.3 is 5.97 Å².